The summed E-state index contributed by atoms with van der Waals surface area (Å²) in [7, 11) is 0. The first-order chi connectivity index (χ1) is 11.2. The van der Waals surface area contributed by atoms with Crippen molar-refractivity contribution in [2.24, 2.45) is 0 Å². The van der Waals surface area contributed by atoms with Gasteiger partial charge in [0, 0.05) is 11.8 Å². The number of carbonyl (C=O) groups excluding carboxylic acids is 1. The first kappa shape index (κ1) is 14.8. The van der Waals surface area contributed by atoms with Crippen LogP contribution >= 0.6 is 0 Å². The van der Waals surface area contributed by atoms with Crippen molar-refractivity contribution in [3.05, 3.63) is 47.9 Å². The quantitative estimate of drug-likeness (QED) is 0.781. The lowest BCUT2D eigenvalue weighted by Gasteiger charge is -2.09. The van der Waals surface area contributed by atoms with Crippen molar-refractivity contribution in [1.82, 2.24) is 14.4 Å². The maximum Gasteiger partial charge on any atom is 0.292 e. The Labute approximate surface area is 132 Å². The van der Waals surface area contributed by atoms with E-state index in [1.54, 1.807) is 22.6 Å². The molecular formula is C16H15N5O2. The Kier molecular flexibility index (Phi) is 4.06. The van der Waals surface area contributed by atoms with Crippen LogP contribution in [-0.4, -0.2) is 20.3 Å². The van der Waals surface area contributed by atoms with Gasteiger partial charge in [0.1, 0.15) is 18.2 Å². The number of amides is 1. The van der Waals surface area contributed by atoms with Gasteiger partial charge in [-0.1, -0.05) is 13.3 Å². The smallest absolute Gasteiger partial charge is 0.292 e. The molecule has 7 heteroatoms. The molecule has 0 unspecified atom stereocenters. The fourth-order valence-corrected chi connectivity index (χ4v) is 2.27. The van der Waals surface area contributed by atoms with Crippen LogP contribution in [0.4, 0.5) is 5.82 Å². The van der Waals surface area contributed by atoms with Crippen LogP contribution in [0.1, 0.15) is 41.7 Å². The zero-order valence-electron chi connectivity index (χ0n) is 12.6. The van der Waals surface area contributed by atoms with E-state index in [1.165, 1.54) is 12.6 Å². The average Bonchev–Trinajstić information content (AvgIpc) is 3.22. The molecule has 3 aromatic rings. The van der Waals surface area contributed by atoms with E-state index in [1.807, 2.05) is 6.07 Å². The van der Waals surface area contributed by atoms with Crippen LogP contribution in [-0.2, 0) is 6.42 Å². The third-order valence-corrected chi connectivity index (χ3v) is 3.43. The summed E-state index contributed by atoms with van der Waals surface area (Å²) in [5.41, 5.74) is 1.48. The Balaban J connectivity index is 2.01. The standard InChI is InChI=1S/C16H15N5O2/c1-2-3-5-11-8-14(20-16(22)13-6-4-7-23-13)21-10-18-12(9-17)15(21)19-11/h4,6-8,10H,2-3,5H2,1H3,(H,20,22). The van der Waals surface area contributed by atoms with Crippen LogP contribution in [0.15, 0.2) is 35.2 Å². The van der Waals surface area contributed by atoms with Gasteiger partial charge in [-0.2, -0.15) is 5.26 Å². The molecule has 3 aromatic heterocycles. The number of fused-ring (bicyclic) bond motifs is 1. The van der Waals surface area contributed by atoms with E-state index in [4.69, 9.17) is 9.68 Å². The van der Waals surface area contributed by atoms with Gasteiger partial charge in [-0.15, -0.1) is 0 Å². The average molecular weight is 309 g/mol. The summed E-state index contributed by atoms with van der Waals surface area (Å²) in [6, 6.07) is 7.04. The molecule has 0 bridgehead atoms. The number of furan rings is 1. The zero-order chi connectivity index (χ0) is 16.2. The molecule has 0 aromatic carbocycles. The number of unbranched alkanes of at least 4 members (excludes halogenated alkanes) is 1. The molecule has 7 nitrogen and oxygen atoms in total. The van der Waals surface area contributed by atoms with Crippen LogP contribution < -0.4 is 5.32 Å². The molecule has 0 aliphatic carbocycles. The Morgan fingerprint density at radius 3 is 3.09 bits per heavy atom. The van der Waals surface area contributed by atoms with Gasteiger partial charge in [-0.25, -0.2) is 9.97 Å². The van der Waals surface area contributed by atoms with Crippen molar-refractivity contribution in [3.63, 3.8) is 0 Å². The highest BCUT2D eigenvalue weighted by molar-refractivity contribution is 6.01. The fourth-order valence-electron chi connectivity index (χ4n) is 2.27. The maximum atomic E-state index is 12.2. The normalized spacial score (nSPS) is 10.6. The van der Waals surface area contributed by atoms with E-state index in [2.05, 4.69) is 22.2 Å². The molecule has 0 saturated heterocycles. The van der Waals surface area contributed by atoms with Crippen molar-refractivity contribution in [2.45, 2.75) is 26.2 Å². The highest BCUT2D eigenvalue weighted by Gasteiger charge is 2.15. The first-order valence-corrected chi connectivity index (χ1v) is 7.35. The lowest BCUT2D eigenvalue weighted by molar-refractivity contribution is 0.0996. The summed E-state index contributed by atoms with van der Waals surface area (Å²) in [6.07, 6.45) is 5.69. The van der Waals surface area contributed by atoms with E-state index in [-0.39, 0.29) is 17.4 Å². The monoisotopic (exact) mass is 309 g/mol. The van der Waals surface area contributed by atoms with Crippen LogP contribution in [0.25, 0.3) is 5.65 Å². The molecule has 0 fully saturated rings. The van der Waals surface area contributed by atoms with Gasteiger partial charge >= 0.3 is 0 Å². The summed E-state index contributed by atoms with van der Waals surface area (Å²) in [5, 5.41) is 11.9. The molecule has 0 aliphatic rings. The Morgan fingerprint density at radius 2 is 2.39 bits per heavy atom. The predicted octanol–water partition coefficient (Wildman–Crippen LogP) is 2.79. The Hall–Kier alpha value is -3.14. The second-order valence-electron chi connectivity index (χ2n) is 5.07. The molecule has 1 amide bonds. The zero-order valence-corrected chi connectivity index (χ0v) is 12.6. The van der Waals surface area contributed by atoms with E-state index in [0.29, 0.717) is 11.5 Å². The summed E-state index contributed by atoms with van der Waals surface area (Å²) in [6.45, 7) is 2.09. The van der Waals surface area contributed by atoms with E-state index in [0.717, 1.165) is 25.0 Å². The third kappa shape index (κ3) is 2.92. The number of anilines is 1. The molecule has 0 saturated carbocycles. The van der Waals surface area contributed by atoms with Crippen molar-refractivity contribution in [3.8, 4) is 6.07 Å². The van der Waals surface area contributed by atoms with Gasteiger partial charge in [0.05, 0.1) is 6.26 Å². The minimum atomic E-state index is -0.365. The van der Waals surface area contributed by atoms with Crippen molar-refractivity contribution in [2.75, 3.05) is 5.32 Å². The number of nitrogens with one attached hydrogen (secondary N) is 1. The van der Waals surface area contributed by atoms with Gasteiger partial charge in [0.25, 0.3) is 5.91 Å². The molecule has 3 rings (SSSR count). The van der Waals surface area contributed by atoms with Gasteiger partial charge in [-0.05, 0) is 25.0 Å². The number of aryl methyl sites for hydroxylation is 1. The highest BCUT2D eigenvalue weighted by Crippen LogP contribution is 2.18. The number of rotatable bonds is 5. The SMILES string of the molecule is CCCCc1cc(NC(=O)c2ccco2)n2cnc(C#N)c2n1. The number of hydrogen-bond donors (Lipinski definition) is 1. The lowest BCUT2D eigenvalue weighted by atomic mass is 10.2. The van der Waals surface area contributed by atoms with Gasteiger partial charge in [0.15, 0.2) is 17.1 Å². The second-order valence-corrected chi connectivity index (χ2v) is 5.07. The molecule has 0 radical (unpaired) electrons. The topological polar surface area (TPSA) is 96.2 Å². The molecule has 1 N–H and O–H groups in total. The minimum absolute atomic E-state index is 0.214. The second kappa shape index (κ2) is 6.32. The molecule has 23 heavy (non-hydrogen) atoms. The molecule has 3 heterocycles. The highest BCUT2D eigenvalue weighted by atomic mass is 16.3. The number of carbonyl (C=O) groups is 1. The molecule has 0 spiro atoms. The summed E-state index contributed by atoms with van der Waals surface area (Å²) < 4.78 is 6.69. The minimum Gasteiger partial charge on any atom is -0.459 e. The number of hydrogen-bond acceptors (Lipinski definition) is 5. The van der Waals surface area contributed by atoms with Crippen LogP contribution in [0, 0.1) is 11.3 Å². The molecule has 0 aliphatic heterocycles. The van der Waals surface area contributed by atoms with Crippen molar-refractivity contribution >= 4 is 17.4 Å². The summed E-state index contributed by atoms with van der Waals surface area (Å²) >= 11 is 0. The predicted molar refractivity (Wildman–Crippen MR) is 83.0 cm³/mol. The fraction of sp³-hybridized carbons (Fsp3) is 0.250. The van der Waals surface area contributed by atoms with Crippen LogP contribution in [0.2, 0.25) is 0 Å². The molecule has 116 valence electrons. The van der Waals surface area contributed by atoms with Crippen molar-refractivity contribution in [1.29, 1.82) is 5.26 Å². The summed E-state index contributed by atoms with van der Waals surface area (Å²) in [4.78, 5) is 20.7. The van der Waals surface area contributed by atoms with Gasteiger partial charge in [0.2, 0.25) is 0 Å². The number of nitrogens with zero attached hydrogens (tertiary/aromatic N) is 4. The molecular weight excluding hydrogens is 294 g/mol. The van der Waals surface area contributed by atoms with Crippen LogP contribution in [0.5, 0.6) is 0 Å². The van der Waals surface area contributed by atoms with Gasteiger partial charge in [-0.3, -0.25) is 9.20 Å². The Morgan fingerprint density at radius 1 is 1.52 bits per heavy atom. The largest absolute Gasteiger partial charge is 0.459 e. The maximum absolute atomic E-state index is 12.2. The van der Waals surface area contributed by atoms with Crippen molar-refractivity contribution < 1.29 is 9.21 Å². The number of nitriles is 1. The third-order valence-electron chi connectivity index (χ3n) is 3.43. The number of imidazole rings is 1. The van der Waals surface area contributed by atoms with E-state index in [9.17, 15) is 4.79 Å². The first-order valence-electron chi connectivity index (χ1n) is 7.35. The molecule has 0 atom stereocenters. The number of aromatic nitrogens is 3. The lowest BCUT2D eigenvalue weighted by Crippen LogP contribution is -2.14. The van der Waals surface area contributed by atoms with Crippen LogP contribution in [0.3, 0.4) is 0 Å². The van der Waals surface area contributed by atoms with E-state index < -0.39 is 0 Å². The summed E-state index contributed by atoms with van der Waals surface area (Å²) in [5.74, 6) is 0.360. The van der Waals surface area contributed by atoms with Gasteiger partial charge < -0.3 is 9.73 Å². The van der Waals surface area contributed by atoms with E-state index >= 15 is 0 Å². The Bertz CT molecular complexity index is 874.